The first-order chi connectivity index (χ1) is 14.1. The van der Waals surface area contributed by atoms with Crippen molar-refractivity contribution in [2.24, 2.45) is 10.5 Å². The molecule has 0 radical (unpaired) electrons. The topological polar surface area (TPSA) is 51.2 Å². The van der Waals surface area contributed by atoms with Crippen LogP contribution in [0.1, 0.15) is 16.7 Å². The van der Waals surface area contributed by atoms with E-state index in [2.05, 4.69) is 51.3 Å². The van der Waals surface area contributed by atoms with E-state index in [0.717, 1.165) is 56.5 Å². The first kappa shape index (κ1) is 18.5. The van der Waals surface area contributed by atoms with Gasteiger partial charge in [-0.15, -0.1) is 0 Å². The highest BCUT2D eigenvalue weighted by atomic mass is 16.2. The van der Waals surface area contributed by atoms with E-state index in [1.165, 1.54) is 5.56 Å². The fourth-order valence-corrected chi connectivity index (χ4v) is 5.08. The molecule has 4 aliphatic rings. The van der Waals surface area contributed by atoms with E-state index < -0.39 is 0 Å². The Hall–Kier alpha value is -2.54. The van der Waals surface area contributed by atoms with E-state index in [1.54, 1.807) is 0 Å². The van der Waals surface area contributed by atoms with Crippen LogP contribution in [0.25, 0.3) is 0 Å². The predicted molar refractivity (Wildman–Crippen MR) is 113 cm³/mol. The first-order valence-corrected chi connectivity index (χ1v) is 10.2. The van der Waals surface area contributed by atoms with E-state index in [9.17, 15) is 4.79 Å². The Morgan fingerprint density at radius 3 is 2.10 bits per heavy atom. The van der Waals surface area contributed by atoms with Gasteiger partial charge in [-0.3, -0.25) is 19.5 Å². The highest BCUT2D eigenvalue weighted by Gasteiger charge is 2.51. The van der Waals surface area contributed by atoms with Crippen LogP contribution in [0.2, 0.25) is 0 Å². The summed E-state index contributed by atoms with van der Waals surface area (Å²) >= 11 is 0. The van der Waals surface area contributed by atoms with Crippen molar-refractivity contribution in [2.75, 3.05) is 39.6 Å². The summed E-state index contributed by atoms with van der Waals surface area (Å²) in [4.78, 5) is 20.0. The molecule has 150 valence electrons. The molecular formula is C23H27N5O. The van der Waals surface area contributed by atoms with Crippen molar-refractivity contribution >= 4 is 11.6 Å². The summed E-state index contributed by atoms with van der Waals surface area (Å²) in [6.07, 6.45) is 0.336. The molecule has 0 atom stereocenters. The zero-order valence-electron chi connectivity index (χ0n) is 16.8. The van der Waals surface area contributed by atoms with Gasteiger partial charge >= 0.3 is 0 Å². The Bertz CT molecular complexity index is 887. The predicted octanol–water partition coefficient (Wildman–Crippen LogP) is 1.86. The number of amides is 1. The van der Waals surface area contributed by atoms with Gasteiger partial charge in [-0.1, -0.05) is 60.2 Å². The molecule has 2 aromatic carbocycles. The lowest BCUT2D eigenvalue weighted by Crippen LogP contribution is -2.74. The molecule has 4 bridgehead atoms. The molecule has 0 unspecified atom stereocenters. The largest absolute Gasteiger partial charge is 0.276 e. The number of hydrazone groups is 1. The van der Waals surface area contributed by atoms with Crippen LogP contribution in [0.3, 0.4) is 0 Å². The summed E-state index contributed by atoms with van der Waals surface area (Å²) in [6.45, 7) is 8.14. The second kappa shape index (κ2) is 7.37. The average Bonchev–Trinajstić information content (AvgIpc) is 2.69. The molecule has 6 nitrogen and oxygen atoms in total. The molecule has 6 rings (SSSR count). The minimum absolute atomic E-state index is 0.0774. The van der Waals surface area contributed by atoms with Crippen LogP contribution in [-0.2, 0) is 11.2 Å². The van der Waals surface area contributed by atoms with Gasteiger partial charge in [-0.2, -0.15) is 5.10 Å². The molecule has 0 aliphatic carbocycles. The lowest BCUT2D eigenvalue weighted by Gasteiger charge is -2.60. The van der Waals surface area contributed by atoms with Gasteiger partial charge in [0.1, 0.15) is 0 Å². The second-order valence-corrected chi connectivity index (χ2v) is 8.72. The maximum absolute atomic E-state index is 12.6. The fraction of sp³-hybridized carbons (Fsp3) is 0.391. The van der Waals surface area contributed by atoms with Crippen LogP contribution in [0.15, 0.2) is 59.7 Å². The molecule has 4 saturated heterocycles. The van der Waals surface area contributed by atoms with Gasteiger partial charge in [0.2, 0.25) is 5.91 Å². The number of hydrogen-bond donors (Lipinski definition) is 1. The van der Waals surface area contributed by atoms with Crippen molar-refractivity contribution in [1.82, 2.24) is 20.1 Å². The average molecular weight is 390 g/mol. The number of carbonyl (C=O) groups is 1. The van der Waals surface area contributed by atoms with Crippen molar-refractivity contribution in [3.63, 3.8) is 0 Å². The number of carbonyl (C=O) groups excluding carboxylic acids is 1. The van der Waals surface area contributed by atoms with E-state index in [4.69, 9.17) is 5.10 Å². The lowest BCUT2D eigenvalue weighted by atomic mass is 9.74. The Morgan fingerprint density at radius 1 is 0.931 bits per heavy atom. The summed E-state index contributed by atoms with van der Waals surface area (Å²) < 4.78 is 0. The number of hydrogen-bond acceptors (Lipinski definition) is 5. The third-order valence-corrected chi connectivity index (χ3v) is 6.11. The van der Waals surface area contributed by atoms with Crippen molar-refractivity contribution in [3.8, 4) is 0 Å². The monoisotopic (exact) mass is 389 g/mol. The maximum atomic E-state index is 12.6. The van der Waals surface area contributed by atoms with Crippen molar-refractivity contribution in [1.29, 1.82) is 0 Å². The fourth-order valence-electron chi connectivity index (χ4n) is 5.08. The van der Waals surface area contributed by atoms with Gasteiger partial charge in [0.05, 0.1) is 37.6 Å². The van der Waals surface area contributed by atoms with E-state index in [1.807, 2.05) is 30.3 Å². The summed E-state index contributed by atoms with van der Waals surface area (Å²) in [6, 6.07) is 18.3. The van der Waals surface area contributed by atoms with Crippen LogP contribution in [-0.4, -0.2) is 66.0 Å². The third kappa shape index (κ3) is 3.71. The molecule has 4 fully saturated rings. The third-order valence-electron chi connectivity index (χ3n) is 6.11. The zero-order valence-corrected chi connectivity index (χ0v) is 16.8. The molecule has 1 amide bonds. The molecule has 4 aliphatic heterocycles. The van der Waals surface area contributed by atoms with Crippen molar-refractivity contribution < 1.29 is 4.79 Å². The van der Waals surface area contributed by atoms with Crippen LogP contribution < -0.4 is 5.43 Å². The molecule has 0 aromatic heterocycles. The second-order valence-electron chi connectivity index (χ2n) is 8.72. The standard InChI is InChI=1S/C23H27N5O/c1-18-7-9-20(10-8-18)22(25-24-21(29)11-19-5-3-2-4-6-19)23-12-26-15-27(13-23)17-28(14-23)16-26/h2-10H,11-17H2,1H3,(H,24,29)/b25-22+. The Balaban J connectivity index is 1.44. The smallest absolute Gasteiger partial charge is 0.244 e. The van der Waals surface area contributed by atoms with Gasteiger partial charge < -0.3 is 0 Å². The molecule has 4 heterocycles. The Morgan fingerprint density at radius 2 is 1.52 bits per heavy atom. The van der Waals surface area contributed by atoms with Crippen LogP contribution in [0.5, 0.6) is 0 Å². The highest BCUT2D eigenvalue weighted by molar-refractivity contribution is 6.06. The summed E-state index contributed by atoms with van der Waals surface area (Å²) in [5.41, 5.74) is 7.10. The van der Waals surface area contributed by atoms with E-state index in [-0.39, 0.29) is 11.3 Å². The molecule has 0 spiro atoms. The minimum Gasteiger partial charge on any atom is -0.276 e. The summed E-state index contributed by atoms with van der Waals surface area (Å²) in [5, 5.41) is 4.75. The minimum atomic E-state index is -0.0793. The number of benzene rings is 2. The Labute approximate surface area is 171 Å². The zero-order chi connectivity index (χ0) is 19.8. The summed E-state index contributed by atoms with van der Waals surface area (Å²) in [7, 11) is 0. The molecule has 0 saturated carbocycles. The summed E-state index contributed by atoms with van der Waals surface area (Å²) in [5.74, 6) is -0.0774. The number of nitrogens with one attached hydrogen (secondary N) is 1. The molecule has 29 heavy (non-hydrogen) atoms. The normalized spacial score (nSPS) is 30.4. The Kier molecular flexibility index (Phi) is 4.70. The molecule has 6 heteroatoms. The van der Waals surface area contributed by atoms with E-state index in [0.29, 0.717) is 6.42 Å². The van der Waals surface area contributed by atoms with Crippen molar-refractivity contribution in [3.05, 3.63) is 71.3 Å². The van der Waals surface area contributed by atoms with Gasteiger partial charge in [-0.05, 0) is 18.1 Å². The quantitative estimate of drug-likeness (QED) is 0.627. The lowest BCUT2D eigenvalue weighted by molar-refractivity contribution is -0.149. The van der Waals surface area contributed by atoms with Gasteiger partial charge in [0, 0.05) is 19.6 Å². The van der Waals surface area contributed by atoms with Gasteiger partial charge in [-0.25, -0.2) is 5.43 Å². The first-order valence-electron chi connectivity index (χ1n) is 10.2. The van der Waals surface area contributed by atoms with Crippen LogP contribution in [0.4, 0.5) is 0 Å². The number of rotatable bonds is 5. The van der Waals surface area contributed by atoms with E-state index >= 15 is 0 Å². The maximum Gasteiger partial charge on any atom is 0.244 e. The van der Waals surface area contributed by atoms with Crippen LogP contribution >= 0.6 is 0 Å². The molecule has 2 aromatic rings. The van der Waals surface area contributed by atoms with Crippen LogP contribution in [0, 0.1) is 12.3 Å². The van der Waals surface area contributed by atoms with Gasteiger partial charge in [0.25, 0.3) is 0 Å². The molecular weight excluding hydrogens is 362 g/mol. The number of aryl methyl sites for hydroxylation is 1. The highest BCUT2D eigenvalue weighted by Crippen LogP contribution is 2.38. The van der Waals surface area contributed by atoms with Crippen molar-refractivity contribution in [2.45, 2.75) is 13.3 Å². The molecule has 1 N–H and O–H groups in total. The van der Waals surface area contributed by atoms with Gasteiger partial charge in [0.15, 0.2) is 0 Å². The SMILES string of the molecule is Cc1ccc(/C(=N\NC(=O)Cc2ccccc2)C23CN4CN(CN(C4)C2)C3)cc1. The number of nitrogens with zero attached hydrogens (tertiary/aromatic N) is 4.